The van der Waals surface area contributed by atoms with Crippen molar-refractivity contribution in [1.29, 1.82) is 0 Å². The van der Waals surface area contributed by atoms with Crippen molar-refractivity contribution in [3.63, 3.8) is 0 Å². The molecule has 1 heterocycles. The van der Waals surface area contributed by atoms with Gasteiger partial charge in [0.25, 0.3) is 0 Å². The van der Waals surface area contributed by atoms with Gasteiger partial charge in [0.15, 0.2) is 0 Å². The van der Waals surface area contributed by atoms with Crippen LogP contribution in [-0.2, 0) is 27.5 Å². The Hall–Kier alpha value is -1.81. The van der Waals surface area contributed by atoms with E-state index in [9.17, 15) is 9.90 Å². The number of aromatic amines is 1. The maximum Gasteiger partial charge on any atom is 0.321 e. The van der Waals surface area contributed by atoms with Crippen LogP contribution in [0.15, 0.2) is 12.1 Å². The van der Waals surface area contributed by atoms with Crippen LogP contribution in [0.4, 0.5) is 0 Å². The van der Waals surface area contributed by atoms with E-state index in [1.54, 1.807) is 7.05 Å². The highest BCUT2D eigenvalue weighted by Gasteiger charge is 2.30. The van der Waals surface area contributed by atoms with Crippen LogP contribution in [0.5, 0.6) is 0 Å². The first-order valence-corrected chi connectivity index (χ1v) is 10.2. The number of benzene rings is 1. The lowest BCUT2D eigenvalue weighted by Gasteiger charge is -2.26. The fraction of sp³-hybridized carbons (Fsp3) is 0.625. The summed E-state index contributed by atoms with van der Waals surface area (Å²) in [6.45, 7) is 19.9. The molecule has 0 spiro atoms. The van der Waals surface area contributed by atoms with Crippen molar-refractivity contribution in [1.82, 2.24) is 10.3 Å². The molecule has 1 aromatic heterocycles. The molecule has 1 aromatic carbocycles. The first kappa shape index (κ1) is 22.5. The van der Waals surface area contributed by atoms with Crippen LogP contribution in [-0.4, -0.2) is 29.1 Å². The van der Waals surface area contributed by atoms with Crippen LogP contribution >= 0.6 is 0 Å². The molecule has 2 rings (SSSR count). The van der Waals surface area contributed by atoms with Gasteiger partial charge in [-0.15, -0.1) is 0 Å². The number of fused-ring (bicyclic) bond motifs is 1. The van der Waals surface area contributed by atoms with E-state index in [1.807, 2.05) is 0 Å². The zero-order chi connectivity index (χ0) is 21.7. The van der Waals surface area contributed by atoms with Crippen molar-refractivity contribution in [3.05, 3.63) is 34.5 Å². The Labute approximate surface area is 170 Å². The number of likely N-dealkylation sites (N-methyl/N-ethyl adjacent to an activating group) is 1. The van der Waals surface area contributed by atoms with Crippen LogP contribution in [0.25, 0.3) is 10.9 Å². The average Bonchev–Trinajstić information content (AvgIpc) is 2.88. The average molecular weight is 387 g/mol. The third kappa shape index (κ3) is 4.43. The van der Waals surface area contributed by atoms with E-state index < -0.39 is 12.0 Å². The Morgan fingerprint density at radius 1 is 1.00 bits per heavy atom. The number of carbonyl (C=O) groups is 1. The highest BCUT2D eigenvalue weighted by atomic mass is 16.4. The molecule has 0 saturated heterocycles. The molecule has 0 amide bonds. The van der Waals surface area contributed by atoms with Gasteiger partial charge in [-0.25, -0.2) is 0 Å². The Bertz CT molecular complexity index is 871. The lowest BCUT2D eigenvalue weighted by Crippen LogP contribution is -2.36. The Balaban J connectivity index is 2.93. The molecule has 0 aliphatic rings. The Morgan fingerprint density at radius 2 is 1.57 bits per heavy atom. The molecule has 28 heavy (non-hydrogen) atoms. The van der Waals surface area contributed by atoms with Crippen LogP contribution < -0.4 is 5.32 Å². The predicted octanol–water partition coefficient (Wildman–Crippen LogP) is 5.28. The van der Waals surface area contributed by atoms with E-state index in [0.29, 0.717) is 6.42 Å². The predicted molar refractivity (Wildman–Crippen MR) is 119 cm³/mol. The van der Waals surface area contributed by atoms with Crippen LogP contribution in [0, 0.1) is 0 Å². The molecular formula is C24H38N2O2. The van der Waals surface area contributed by atoms with Gasteiger partial charge in [-0.05, 0) is 40.6 Å². The number of carboxylic acid groups (broad SMARTS) is 1. The van der Waals surface area contributed by atoms with Crippen molar-refractivity contribution in [2.24, 2.45) is 0 Å². The summed E-state index contributed by atoms with van der Waals surface area (Å²) in [5, 5.41) is 13.7. The van der Waals surface area contributed by atoms with Crippen LogP contribution in [0.2, 0.25) is 0 Å². The molecule has 0 saturated carbocycles. The van der Waals surface area contributed by atoms with Crippen molar-refractivity contribution < 1.29 is 9.90 Å². The molecule has 1 atom stereocenters. The molecule has 0 bridgehead atoms. The van der Waals surface area contributed by atoms with Gasteiger partial charge in [-0.3, -0.25) is 4.79 Å². The molecule has 0 radical (unpaired) electrons. The first-order chi connectivity index (χ1) is 12.6. The lowest BCUT2D eigenvalue weighted by molar-refractivity contribution is -0.139. The number of hydrogen-bond acceptors (Lipinski definition) is 2. The summed E-state index contributed by atoms with van der Waals surface area (Å²) in [4.78, 5) is 15.4. The largest absolute Gasteiger partial charge is 0.480 e. The smallest absolute Gasteiger partial charge is 0.321 e. The molecular weight excluding hydrogens is 348 g/mol. The molecule has 0 fully saturated rings. The maximum atomic E-state index is 11.7. The van der Waals surface area contributed by atoms with Gasteiger partial charge in [-0.1, -0.05) is 68.4 Å². The minimum Gasteiger partial charge on any atom is -0.480 e. The van der Waals surface area contributed by atoms with Gasteiger partial charge in [-0.2, -0.15) is 0 Å². The minimum absolute atomic E-state index is 0.0137. The van der Waals surface area contributed by atoms with Crippen LogP contribution in [0.3, 0.4) is 0 Å². The quantitative estimate of drug-likeness (QED) is 0.670. The highest BCUT2D eigenvalue weighted by Crippen LogP contribution is 2.40. The van der Waals surface area contributed by atoms with Crippen molar-refractivity contribution in [2.45, 2.75) is 91.0 Å². The zero-order valence-corrected chi connectivity index (χ0v) is 19.3. The number of hydrogen-bond donors (Lipinski definition) is 3. The molecule has 0 aliphatic heterocycles. The SMILES string of the molecule is CN[C@@H](Cc1c(C(C)(C)C)[nH]c2c(C(C)(C)C)cc(C(C)(C)C)cc12)C(=O)O. The summed E-state index contributed by atoms with van der Waals surface area (Å²) < 4.78 is 0. The molecule has 2 aromatic rings. The fourth-order valence-corrected chi connectivity index (χ4v) is 3.74. The van der Waals surface area contributed by atoms with E-state index >= 15 is 0 Å². The summed E-state index contributed by atoms with van der Waals surface area (Å²) in [6.07, 6.45) is 0.454. The van der Waals surface area contributed by atoms with Gasteiger partial charge >= 0.3 is 5.97 Å². The molecule has 4 nitrogen and oxygen atoms in total. The second kappa shape index (κ2) is 7.22. The number of aliphatic carboxylic acids is 1. The number of carboxylic acids is 1. The van der Waals surface area contributed by atoms with Crippen molar-refractivity contribution in [2.75, 3.05) is 7.05 Å². The highest BCUT2D eigenvalue weighted by molar-refractivity contribution is 5.90. The molecule has 0 unspecified atom stereocenters. The number of H-pyrrole nitrogens is 1. The minimum atomic E-state index is -0.820. The Morgan fingerprint density at radius 3 is 1.96 bits per heavy atom. The molecule has 3 N–H and O–H groups in total. The van der Waals surface area contributed by atoms with E-state index in [4.69, 9.17) is 0 Å². The molecule has 0 aliphatic carbocycles. The fourth-order valence-electron chi connectivity index (χ4n) is 3.74. The summed E-state index contributed by atoms with van der Waals surface area (Å²) in [7, 11) is 1.71. The number of aromatic nitrogens is 1. The van der Waals surface area contributed by atoms with Crippen molar-refractivity contribution in [3.8, 4) is 0 Å². The summed E-state index contributed by atoms with van der Waals surface area (Å²) in [5.41, 5.74) is 5.82. The second-order valence-electron chi connectivity index (χ2n) is 11.1. The maximum absolute atomic E-state index is 11.7. The van der Waals surface area contributed by atoms with Gasteiger partial charge < -0.3 is 15.4 Å². The summed E-state index contributed by atoms with van der Waals surface area (Å²) >= 11 is 0. The van der Waals surface area contributed by atoms with Gasteiger partial charge in [0.05, 0.1) is 0 Å². The van der Waals surface area contributed by atoms with E-state index in [0.717, 1.165) is 22.2 Å². The molecule has 156 valence electrons. The van der Waals surface area contributed by atoms with Gasteiger partial charge in [0.2, 0.25) is 0 Å². The third-order valence-electron chi connectivity index (χ3n) is 5.49. The van der Waals surface area contributed by atoms with E-state index in [2.05, 4.69) is 84.7 Å². The number of nitrogens with one attached hydrogen (secondary N) is 2. The lowest BCUT2D eigenvalue weighted by atomic mass is 9.79. The van der Waals surface area contributed by atoms with Gasteiger partial charge in [0.1, 0.15) is 6.04 Å². The van der Waals surface area contributed by atoms with E-state index in [1.165, 1.54) is 11.1 Å². The second-order valence-corrected chi connectivity index (χ2v) is 11.1. The Kier molecular flexibility index (Phi) is 5.79. The third-order valence-corrected chi connectivity index (χ3v) is 5.49. The van der Waals surface area contributed by atoms with Crippen LogP contribution in [0.1, 0.15) is 84.7 Å². The summed E-state index contributed by atoms with van der Waals surface area (Å²) in [6, 6.07) is 3.97. The summed E-state index contributed by atoms with van der Waals surface area (Å²) in [5.74, 6) is -0.820. The normalized spacial score (nSPS) is 14.5. The first-order valence-electron chi connectivity index (χ1n) is 10.2. The monoisotopic (exact) mass is 386 g/mol. The van der Waals surface area contributed by atoms with E-state index in [-0.39, 0.29) is 16.2 Å². The number of rotatable bonds is 4. The molecule has 4 heteroatoms. The van der Waals surface area contributed by atoms with Gasteiger partial charge in [0, 0.05) is 28.4 Å². The zero-order valence-electron chi connectivity index (χ0n) is 19.3. The standard InChI is InChI=1S/C24H38N2O2/c1-22(2,3)14-11-15-16(13-18(25-10)21(27)28)20(24(7,8)9)26-19(15)17(12-14)23(4,5)6/h11-12,18,25-26H,13H2,1-10H3,(H,27,28)/t18-/m0/s1. The van der Waals surface area contributed by atoms with Crippen molar-refractivity contribution >= 4 is 16.9 Å². The topological polar surface area (TPSA) is 65.1 Å².